The van der Waals surface area contributed by atoms with E-state index in [2.05, 4.69) is 4.72 Å². The van der Waals surface area contributed by atoms with Crippen LogP contribution in [0.15, 0.2) is 24.3 Å². The molecule has 0 fully saturated rings. The minimum atomic E-state index is -3.48. The van der Waals surface area contributed by atoms with Crippen LogP contribution < -0.4 is 9.03 Å². The van der Waals surface area contributed by atoms with Gasteiger partial charge in [-0.15, -0.1) is 0 Å². The summed E-state index contributed by atoms with van der Waals surface area (Å²) in [5.41, 5.74) is 1.39. The number of nitrogens with one attached hydrogen (secondary N) is 1. The average Bonchev–Trinajstić information content (AvgIpc) is 2.41. The Morgan fingerprint density at radius 3 is 2.32 bits per heavy atom. The second-order valence-corrected chi connectivity index (χ2v) is 9.02. The maximum Gasteiger partial charge on any atom is 0.232 e. The number of anilines is 1. The number of hydrogen-bond acceptors (Lipinski definition) is 4. The second-order valence-electron chi connectivity index (χ2n) is 5.19. The van der Waals surface area contributed by atoms with Crippen molar-refractivity contribution in [1.29, 1.82) is 0 Å². The molecular weight excluding hydrogens is 324 g/mol. The Labute approximate surface area is 133 Å². The normalized spacial score (nSPS) is 12.3. The van der Waals surface area contributed by atoms with Crippen LogP contribution in [0, 0.1) is 6.92 Å². The highest BCUT2D eigenvalue weighted by Gasteiger charge is 2.19. The van der Waals surface area contributed by atoms with E-state index in [0.29, 0.717) is 12.1 Å². The zero-order chi connectivity index (χ0) is 16.8. The Hall–Kier alpha value is -1.12. The van der Waals surface area contributed by atoms with E-state index in [1.165, 1.54) is 4.31 Å². The number of rotatable bonds is 9. The summed E-state index contributed by atoms with van der Waals surface area (Å²) in [5, 5.41) is 0. The third-order valence-electron chi connectivity index (χ3n) is 3.19. The molecule has 0 aliphatic rings. The molecule has 0 unspecified atom stereocenters. The molecule has 8 heteroatoms. The summed E-state index contributed by atoms with van der Waals surface area (Å²) in [6.07, 6.45) is 2.49. The molecule has 0 saturated heterocycles. The van der Waals surface area contributed by atoms with E-state index in [1.54, 1.807) is 12.1 Å². The van der Waals surface area contributed by atoms with Gasteiger partial charge in [0.1, 0.15) is 0 Å². The van der Waals surface area contributed by atoms with Crippen molar-refractivity contribution in [3.63, 3.8) is 0 Å². The van der Waals surface area contributed by atoms with Crippen LogP contribution in [0.1, 0.15) is 25.3 Å². The van der Waals surface area contributed by atoms with E-state index < -0.39 is 20.0 Å². The van der Waals surface area contributed by atoms with Crippen LogP contribution in [0.4, 0.5) is 5.69 Å². The lowest BCUT2D eigenvalue weighted by atomic mass is 10.2. The van der Waals surface area contributed by atoms with Crippen LogP contribution in [0.5, 0.6) is 0 Å². The predicted octanol–water partition coefficient (Wildman–Crippen LogP) is 1.48. The number of unbranched alkanes of at least 4 members (excludes halogenated alkanes) is 1. The number of benzene rings is 1. The van der Waals surface area contributed by atoms with Gasteiger partial charge in [0.15, 0.2) is 0 Å². The van der Waals surface area contributed by atoms with Crippen molar-refractivity contribution in [1.82, 2.24) is 4.72 Å². The summed E-state index contributed by atoms with van der Waals surface area (Å²) in [7, 11) is -6.83. The summed E-state index contributed by atoms with van der Waals surface area (Å²) < 4.78 is 51.1. The zero-order valence-corrected chi connectivity index (χ0v) is 14.9. The second kappa shape index (κ2) is 7.94. The largest absolute Gasteiger partial charge is 0.269 e. The van der Waals surface area contributed by atoms with Crippen molar-refractivity contribution in [3.8, 4) is 0 Å². The maximum atomic E-state index is 12.0. The topological polar surface area (TPSA) is 83.6 Å². The summed E-state index contributed by atoms with van der Waals surface area (Å²) >= 11 is 0. The molecule has 1 N–H and O–H groups in total. The molecule has 0 amide bonds. The molecule has 0 atom stereocenters. The molecule has 22 heavy (non-hydrogen) atoms. The molecule has 1 aromatic carbocycles. The van der Waals surface area contributed by atoms with Gasteiger partial charge in [0.25, 0.3) is 0 Å². The Bertz CT molecular complexity index is 685. The minimum absolute atomic E-state index is 0.0491. The van der Waals surface area contributed by atoms with Crippen LogP contribution in [0.2, 0.25) is 0 Å². The highest BCUT2D eigenvalue weighted by molar-refractivity contribution is 7.92. The average molecular weight is 348 g/mol. The molecule has 6 nitrogen and oxygen atoms in total. The molecule has 0 aromatic heterocycles. The Morgan fingerprint density at radius 1 is 1.14 bits per heavy atom. The van der Waals surface area contributed by atoms with Gasteiger partial charge in [-0.1, -0.05) is 31.5 Å². The first kappa shape index (κ1) is 18.9. The highest BCUT2D eigenvalue weighted by Crippen LogP contribution is 2.21. The molecule has 126 valence electrons. The van der Waals surface area contributed by atoms with E-state index in [4.69, 9.17) is 0 Å². The molecule has 0 saturated carbocycles. The van der Waals surface area contributed by atoms with E-state index in [9.17, 15) is 16.8 Å². The van der Waals surface area contributed by atoms with Crippen LogP contribution in [-0.4, -0.2) is 41.9 Å². The van der Waals surface area contributed by atoms with Gasteiger partial charge in [-0.05, 0) is 25.0 Å². The summed E-state index contributed by atoms with van der Waals surface area (Å²) in [6, 6.07) is 7.11. The standard InChI is InChI=1S/C14H24N2O4S2/c1-4-5-12-22(19,20)15-10-11-16(21(3,17)18)14-9-7-6-8-13(14)2/h6-9,15H,4-5,10-12H2,1-3H3. The first-order chi connectivity index (χ1) is 10.2. The molecule has 1 aromatic rings. The van der Waals surface area contributed by atoms with Crippen molar-refractivity contribution in [2.45, 2.75) is 26.7 Å². The first-order valence-corrected chi connectivity index (χ1v) is 10.7. The highest BCUT2D eigenvalue weighted by atomic mass is 32.2. The number of para-hydroxylation sites is 1. The van der Waals surface area contributed by atoms with E-state index in [-0.39, 0.29) is 18.8 Å². The quantitative estimate of drug-likeness (QED) is 0.733. The minimum Gasteiger partial charge on any atom is -0.269 e. The molecule has 0 spiro atoms. The molecule has 0 aliphatic carbocycles. The fourth-order valence-electron chi connectivity index (χ4n) is 2.02. The fraction of sp³-hybridized carbons (Fsp3) is 0.571. The lowest BCUT2D eigenvalue weighted by Crippen LogP contribution is -2.39. The van der Waals surface area contributed by atoms with Gasteiger partial charge in [-0.3, -0.25) is 4.31 Å². The monoisotopic (exact) mass is 348 g/mol. The van der Waals surface area contributed by atoms with Crippen molar-refractivity contribution in [3.05, 3.63) is 29.8 Å². The molecule has 0 radical (unpaired) electrons. The molecule has 0 bridgehead atoms. The van der Waals surface area contributed by atoms with E-state index >= 15 is 0 Å². The van der Waals surface area contributed by atoms with Gasteiger partial charge in [-0.2, -0.15) is 0 Å². The summed E-state index contributed by atoms with van der Waals surface area (Å²) in [6.45, 7) is 3.85. The lowest BCUT2D eigenvalue weighted by molar-refractivity contribution is 0.575. The van der Waals surface area contributed by atoms with Crippen molar-refractivity contribution >= 4 is 25.7 Å². The van der Waals surface area contributed by atoms with Gasteiger partial charge >= 0.3 is 0 Å². The molecular formula is C14H24N2O4S2. The van der Waals surface area contributed by atoms with Gasteiger partial charge in [0.2, 0.25) is 20.0 Å². The molecule has 1 rings (SSSR count). The van der Waals surface area contributed by atoms with Crippen LogP contribution in [0.3, 0.4) is 0 Å². The number of sulfonamides is 2. The van der Waals surface area contributed by atoms with Crippen molar-refractivity contribution < 1.29 is 16.8 Å². The van der Waals surface area contributed by atoms with Gasteiger partial charge < -0.3 is 0 Å². The van der Waals surface area contributed by atoms with Crippen molar-refractivity contribution in [2.75, 3.05) is 29.4 Å². The third kappa shape index (κ3) is 5.94. The number of aryl methyl sites for hydroxylation is 1. The Morgan fingerprint density at radius 2 is 1.77 bits per heavy atom. The SMILES string of the molecule is CCCCS(=O)(=O)NCCN(c1ccccc1C)S(C)(=O)=O. The van der Waals surface area contributed by atoms with Gasteiger partial charge in [0.05, 0.1) is 17.7 Å². The Balaban J connectivity index is 2.80. The molecule has 0 aliphatic heterocycles. The predicted molar refractivity (Wildman–Crippen MR) is 90.1 cm³/mol. The Kier molecular flexibility index (Phi) is 6.83. The number of hydrogen-bond donors (Lipinski definition) is 1. The molecule has 0 heterocycles. The maximum absolute atomic E-state index is 12.0. The van der Waals surface area contributed by atoms with Crippen molar-refractivity contribution in [2.24, 2.45) is 0 Å². The summed E-state index contributed by atoms with van der Waals surface area (Å²) in [5.74, 6) is 0.0622. The van der Waals surface area contributed by atoms with Crippen LogP contribution >= 0.6 is 0 Å². The van der Waals surface area contributed by atoms with E-state index in [0.717, 1.165) is 18.2 Å². The summed E-state index contributed by atoms with van der Waals surface area (Å²) in [4.78, 5) is 0. The van der Waals surface area contributed by atoms with Crippen LogP contribution in [0.25, 0.3) is 0 Å². The first-order valence-electron chi connectivity index (χ1n) is 7.18. The fourth-order valence-corrected chi connectivity index (χ4v) is 4.22. The number of nitrogens with zero attached hydrogens (tertiary/aromatic N) is 1. The zero-order valence-electron chi connectivity index (χ0n) is 13.2. The van der Waals surface area contributed by atoms with Gasteiger partial charge in [-0.25, -0.2) is 21.6 Å². The van der Waals surface area contributed by atoms with Gasteiger partial charge in [0, 0.05) is 13.1 Å². The third-order valence-corrected chi connectivity index (χ3v) is 5.84. The van der Waals surface area contributed by atoms with E-state index in [1.807, 2.05) is 26.0 Å². The smallest absolute Gasteiger partial charge is 0.232 e. The van der Waals surface area contributed by atoms with Crippen LogP contribution in [-0.2, 0) is 20.0 Å². The lowest BCUT2D eigenvalue weighted by Gasteiger charge is -2.24.